The Morgan fingerprint density at radius 1 is 0.583 bits per heavy atom. The summed E-state index contributed by atoms with van der Waals surface area (Å²) in [5.41, 5.74) is -1.72. The first-order chi connectivity index (χ1) is 16.4. The molecule has 0 bridgehead atoms. The van der Waals surface area contributed by atoms with Gasteiger partial charge in [0.25, 0.3) is 0 Å². The van der Waals surface area contributed by atoms with Crippen molar-refractivity contribution >= 4 is 11.9 Å². The Bertz CT molecular complexity index is 734. The number of hydrogen-bond donors (Lipinski definition) is 2. The minimum Gasteiger partial charge on any atom is -0.462 e. The van der Waals surface area contributed by atoms with Gasteiger partial charge in [0.2, 0.25) is 0 Å². The molecule has 2 atom stereocenters. The van der Waals surface area contributed by atoms with Crippen LogP contribution in [-0.4, -0.2) is 66.8 Å². The van der Waals surface area contributed by atoms with Gasteiger partial charge in [0, 0.05) is 35.0 Å². The molecule has 2 unspecified atom stereocenters. The highest BCUT2D eigenvalue weighted by molar-refractivity contribution is 5.75. The van der Waals surface area contributed by atoms with Crippen LogP contribution in [0.1, 0.15) is 120 Å². The number of ether oxygens (including phenoxy) is 2. The van der Waals surface area contributed by atoms with Crippen LogP contribution < -0.4 is 0 Å². The van der Waals surface area contributed by atoms with E-state index in [1.807, 2.05) is 55.4 Å². The first kappa shape index (κ1) is 29.3. The first-order valence-electron chi connectivity index (χ1n) is 13.8. The zero-order valence-electron chi connectivity index (χ0n) is 23.8. The molecule has 0 spiro atoms. The van der Waals surface area contributed by atoms with Crippen LogP contribution in [0.5, 0.6) is 0 Å². The summed E-state index contributed by atoms with van der Waals surface area (Å²) in [7, 11) is 0. The molecule has 1 saturated carbocycles. The van der Waals surface area contributed by atoms with Crippen LogP contribution >= 0.6 is 0 Å². The number of carbonyl (C=O) groups excluding carboxylic acids is 2. The number of hydroxylamine groups is 4. The molecule has 3 rings (SSSR count). The van der Waals surface area contributed by atoms with E-state index >= 15 is 0 Å². The molecule has 0 aromatic carbocycles. The number of rotatable bonds is 4. The van der Waals surface area contributed by atoms with Crippen molar-refractivity contribution in [2.75, 3.05) is 0 Å². The van der Waals surface area contributed by atoms with E-state index < -0.39 is 11.1 Å². The second kappa shape index (κ2) is 10.5. The highest BCUT2D eigenvalue weighted by Crippen LogP contribution is 2.39. The third kappa shape index (κ3) is 6.61. The van der Waals surface area contributed by atoms with E-state index in [0.717, 1.165) is 25.7 Å². The molecule has 2 heterocycles. The first-order valence-corrected chi connectivity index (χ1v) is 13.8. The molecule has 0 amide bonds. The summed E-state index contributed by atoms with van der Waals surface area (Å²) in [6, 6.07) is 0. The standard InChI is InChI=1S/C28H50N2O6/c1-25(2)15-13-21(17-27(5,6)29(25)33)35-23(31)19-9-11-20(12-10-19)24(32)36-22-14-16-26(3,4)30(34)28(7,8)18-22/h19-22,33-34H,9-18H2,1-8H3. The van der Waals surface area contributed by atoms with Crippen molar-refractivity contribution in [1.82, 2.24) is 10.1 Å². The Hall–Kier alpha value is -1.22. The Labute approximate surface area is 217 Å². The number of hydrogen-bond acceptors (Lipinski definition) is 8. The summed E-state index contributed by atoms with van der Waals surface area (Å²) >= 11 is 0. The summed E-state index contributed by atoms with van der Waals surface area (Å²) in [6.07, 6.45) is 6.15. The van der Waals surface area contributed by atoms with Crippen molar-refractivity contribution in [3.63, 3.8) is 0 Å². The van der Waals surface area contributed by atoms with Crippen LogP contribution in [0.15, 0.2) is 0 Å². The molecule has 0 aromatic heterocycles. The predicted octanol–water partition coefficient (Wildman–Crippen LogP) is 5.48. The smallest absolute Gasteiger partial charge is 0.309 e. The van der Waals surface area contributed by atoms with Crippen LogP contribution in [-0.2, 0) is 19.1 Å². The average Bonchev–Trinajstić information content (AvgIpc) is 2.91. The van der Waals surface area contributed by atoms with E-state index in [-0.39, 0.29) is 47.1 Å². The summed E-state index contributed by atoms with van der Waals surface area (Å²) in [6.45, 7) is 16.0. The minimum absolute atomic E-state index is 0.178. The third-order valence-electron chi connectivity index (χ3n) is 8.86. The number of nitrogens with zero attached hydrogens (tertiary/aromatic N) is 2. The Morgan fingerprint density at radius 2 is 0.889 bits per heavy atom. The fraction of sp³-hybridized carbons (Fsp3) is 0.929. The van der Waals surface area contributed by atoms with E-state index in [0.29, 0.717) is 38.5 Å². The topological polar surface area (TPSA) is 99.5 Å². The maximum absolute atomic E-state index is 13.0. The van der Waals surface area contributed by atoms with Crippen molar-refractivity contribution in [3.8, 4) is 0 Å². The van der Waals surface area contributed by atoms with Crippen molar-refractivity contribution < 1.29 is 29.5 Å². The molecule has 2 aliphatic heterocycles. The quantitative estimate of drug-likeness (QED) is 0.480. The van der Waals surface area contributed by atoms with Crippen LogP contribution in [0, 0.1) is 11.8 Å². The van der Waals surface area contributed by atoms with Gasteiger partial charge in [-0.2, -0.15) is 10.1 Å². The second-order valence-corrected chi connectivity index (χ2v) is 14.0. The van der Waals surface area contributed by atoms with Gasteiger partial charge in [-0.1, -0.05) is 0 Å². The molecular formula is C28H50N2O6. The molecule has 1 aliphatic carbocycles. The molecule has 8 nitrogen and oxygen atoms in total. The van der Waals surface area contributed by atoms with Crippen LogP contribution in [0.4, 0.5) is 0 Å². The van der Waals surface area contributed by atoms with Gasteiger partial charge in [0.05, 0.1) is 11.8 Å². The predicted molar refractivity (Wildman–Crippen MR) is 136 cm³/mol. The Balaban J connectivity index is 1.50. The molecule has 2 N–H and O–H groups in total. The third-order valence-corrected chi connectivity index (χ3v) is 8.86. The van der Waals surface area contributed by atoms with Crippen molar-refractivity contribution in [1.29, 1.82) is 0 Å². The summed E-state index contributed by atoms with van der Waals surface area (Å²) in [4.78, 5) is 26.0. The van der Waals surface area contributed by atoms with Crippen LogP contribution in [0.3, 0.4) is 0 Å². The summed E-state index contributed by atoms with van der Waals surface area (Å²) in [5, 5.41) is 24.2. The normalized spacial score (nSPS) is 34.7. The maximum Gasteiger partial charge on any atom is 0.309 e. The highest BCUT2D eigenvalue weighted by Gasteiger charge is 2.45. The van der Waals surface area contributed by atoms with Gasteiger partial charge in [-0.05, 0) is 107 Å². The van der Waals surface area contributed by atoms with Crippen LogP contribution in [0.2, 0.25) is 0 Å². The molecule has 36 heavy (non-hydrogen) atoms. The van der Waals surface area contributed by atoms with E-state index in [9.17, 15) is 20.0 Å². The van der Waals surface area contributed by atoms with Crippen molar-refractivity contribution in [2.45, 2.75) is 154 Å². The van der Waals surface area contributed by atoms with Gasteiger partial charge >= 0.3 is 11.9 Å². The van der Waals surface area contributed by atoms with Gasteiger partial charge in [-0.15, -0.1) is 0 Å². The van der Waals surface area contributed by atoms with Gasteiger partial charge in [0.15, 0.2) is 0 Å². The minimum atomic E-state index is -0.485. The van der Waals surface area contributed by atoms with Crippen LogP contribution in [0.25, 0.3) is 0 Å². The van der Waals surface area contributed by atoms with Crippen molar-refractivity contribution in [2.24, 2.45) is 11.8 Å². The highest BCUT2D eigenvalue weighted by atomic mass is 16.6. The summed E-state index contributed by atoms with van der Waals surface area (Å²) < 4.78 is 11.9. The molecule has 2 saturated heterocycles. The average molecular weight is 511 g/mol. The molecule has 208 valence electrons. The van der Waals surface area contributed by atoms with Gasteiger partial charge in [-0.25, -0.2) is 0 Å². The number of carbonyl (C=O) groups is 2. The van der Waals surface area contributed by atoms with Gasteiger partial charge in [0.1, 0.15) is 12.2 Å². The SMILES string of the molecule is CC1(C)CCC(OC(=O)C2CCC(C(=O)OC3CCC(C)(C)N(O)C(C)(C)C3)CC2)CC(C)(C)N1O. The van der Waals surface area contributed by atoms with E-state index in [1.165, 1.54) is 10.1 Å². The molecule has 8 heteroatoms. The lowest BCUT2D eigenvalue weighted by molar-refractivity contribution is -0.223. The van der Waals surface area contributed by atoms with Gasteiger partial charge in [-0.3, -0.25) is 9.59 Å². The zero-order valence-corrected chi connectivity index (χ0v) is 23.8. The lowest BCUT2D eigenvalue weighted by Gasteiger charge is -2.42. The fourth-order valence-corrected chi connectivity index (χ4v) is 6.66. The molecule has 3 fully saturated rings. The Kier molecular flexibility index (Phi) is 8.56. The van der Waals surface area contributed by atoms with Crippen molar-refractivity contribution in [3.05, 3.63) is 0 Å². The Morgan fingerprint density at radius 3 is 1.19 bits per heavy atom. The lowest BCUT2D eigenvalue weighted by Crippen LogP contribution is -2.52. The molecule has 3 aliphatic rings. The molecule has 0 radical (unpaired) electrons. The summed E-state index contributed by atoms with van der Waals surface area (Å²) in [5.74, 6) is -0.747. The fourth-order valence-electron chi connectivity index (χ4n) is 6.66. The van der Waals surface area contributed by atoms with E-state index in [4.69, 9.17) is 9.47 Å². The second-order valence-electron chi connectivity index (χ2n) is 14.0. The monoisotopic (exact) mass is 510 g/mol. The van der Waals surface area contributed by atoms with E-state index in [2.05, 4.69) is 0 Å². The van der Waals surface area contributed by atoms with E-state index in [1.54, 1.807) is 0 Å². The zero-order chi connectivity index (χ0) is 27.1. The maximum atomic E-state index is 13.0. The molecular weight excluding hydrogens is 460 g/mol. The lowest BCUT2D eigenvalue weighted by atomic mass is 9.82. The molecule has 0 aromatic rings. The number of esters is 2. The van der Waals surface area contributed by atoms with Gasteiger partial charge < -0.3 is 19.9 Å². The largest absolute Gasteiger partial charge is 0.462 e.